The van der Waals surface area contributed by atoms with Gasteiger partial charge in [0.15, 0.2) is 5.78 Å². The van der Waals surface area contributed by atoms with Crippen molar-refractivity contribution in [2.45, 2.75) is 18.3 Å². The molecule has 0 aliphatic heterocycles. The van der Waals surface area contributed by atoms with E-state index in [2.05, 4.69) is 0 Å². The van der Waals surface area contributed by atoms with E-state index < -0.39 is 37.2 Å². The molecule has 0 aliphatic carbocycles. The zero-order chi connectivity index (χ0) is 9.72. The maximum absolute atomic E-state index is 10.6. The predicted octanol–water partition coefficient (Wildman–Crippen LogP) is -2.99. The van der Waals surface area contributed by atoms with Crippen LogP contribution in [0.15, 0.2) is 0 Å². The Morgan fingerprint density at radius 2 is 1.77 bits per heavy atom. The molecule has 0 aromatic heterocycles. The van der Waals surface area contributed by atoms with E-state index >= 15 is 0 Å². The highest BCUT2D eigenvalue weighted by atomic mass is 35.5. The number of Topliss-reactive ketones (excluding diaryl/α,β-unsaturated/α-hetero) is 1. The van der Waals surface area contributed by atoms with Crippen LogP contribution in [0.4, 0.5) is 0 Å². The number of halogens is 1. The van der Waals surface area contributed by atoms with E-state index in [0.29, 0.717) is 0 Å². The maximum Gasteiger partial charge on any atom is 0.177 e. The summed E-state index contributed by atoms with van der Waals surface area (Å²) in [6.07, 6.45) is -4.96. The largest absolute Gasteiger partial charge is 0.394 e. The smallest absolute Gasteiger partial charge is 0.177 e. The number of aliphatic hydroxyl groups is 4. The quantitative estimate of drug-likeness (QED) is 0.333. The molecule has 0 aromatic rings. The molecule has 0 amide bonds. The van der Waals surface area contributed by atoms with E-state index in [9.17, 15) is 4.79 Å². The monoisotopic (exact) mass is 215 g/mol. The van der Waals surface area contributed by atoms with Crippen LogP contribution < -0.4 is 5.73 Å². The molecule has 0 aliphatic rings. The van der Waals surface area contributed by atoms with E-state index in [4.69, 9.17) is 26.2 Å². The van der Waals surface area contributed by atoms with Crippen LogP contribution in [-0.4, -0.2) is 57.7 Å². The number of hydrogen-bond acceptors (Lipinski definition) is 6. The Kier molecular flexibility index (Phi) is 8.43. The summed E-state index contributed by atoms with van der Waals surface area (Å²) in [5, 5.41) is 35.0. The number of carbonyl (C=O) groups is 1. The van der Waals surface area contributed by atoms with E-state index in [1.54, 1.807) is 0 Å². The van der Waals surface area contributed by atoms with Gasteiger partial charge in [-0.1, -0.05) is 0 Å². The van der Waals surface area contributed by atoms with Gasteiger partial charge in [0.05, 0.1) is 13.2 Å². The Bertz CT molecular complexity index is 156. The molecule has 0 radical (unpaired) electrons. The number of rotatable bonds is 5. The van der Waals surface area contributed by atoms with Crippen molar-refractivity contribution in [2.75, 3.05) is 13.2 Å². The lowest BCUT2D eigenvalue weighted by Crippen LogP contribution is -2.45. The Morgan fingerprint density at radius 1 is 1.31 bits per heavy atom. The van der Waals surface area contributed by atoms with Crippen molar-refractivity contribution in [3.8, 4) is 0 Å². The van der Waals surface area contributed by atoms with Gasteiger partial charge in [0.2, 0.25) is 0 Å². The second-order valence-electron chi connectivity index (χ2n) is 2.36. The summed E-state index contributed by atoms with van der Waals surface area (Å²) in [6, 6.07) is 0. The normalized spacial score (nSPS) is 17.0. The third-order valence-corrected chi connectivity index (χ3v) is 1.44. The minimum absolute atomic E-state index is 0. The summed E-state index contributed by atoms with van der Waals surface area (Å²) >= 11 is 0. The van der Waals surface area contributed by atoms with Crippen molar-refractivity contribution in [3.63, 3.8) is 0 Å². The zero-order valence-electron chi connectivity index (χ0n) is 6.83. The first-order valence-corrected chi connectivity index (χ1v) is 3.42. The molecule has 6 nitrogen and oxygen atoms in total. The van der Waals surface area contributed by atoms with Gasteiger partial charge in [-0.3, -0.25) is 4.79 Å². The van der Waals surface area contributed by atoms with Crippen LogP contribution in [0.3, 0.4) is 0 Å². The van der Waals surface area contributed by atoms with Gasteiger partial charge >= 0.3 is 0 Å². The molecule has 3 atom stereocenters. The zero-order valence-corrected chi connectivity index (χ0v) is 7.65. The highest BCUT2D eigenvalue weighted by Crippen LogP contribution is 2.00. The maximum atomic E-state index is 10.6. The first-order valence-electron chi connectivity index (χ1n) is 3.42. The van der Waals surface area contributed by atoms with Crippen LogP contribution in [0.25, 0.3) is 0 Å². The number of hydrogen-bond donors (Lipinski definition) is 5. The first kappa shape index (κ1) is 15.2. The highest BCUT2D eigenvalue weighted by Gasteiger charge is 2.28. The fourth-order valence-electron chi connectivity index (χ4n) is 0.630. The minimum atomic E-state index is -1.74. The first-order chi connectivity index (χ1) is 5.54. The molecule has 0 spiro atoms. The number of ketones is 1. The molecule has 7 heteroatoms. The predicted molar refractivity (Wildman–Crippen MR) is 46.4 cm³/mol. The van der Waals surface area contributed by atoms with Gasteiger partial charge < -0.3 is 26.2 Å². The highest BCUT2D eigenvalue weighted by molar-refractivity contribution is 5.85. The average molecular weight is 216 g/mol. The van der Waals surface area contributed by atoms with Crippen molar-refractivity contribution in [2.24, 2.45) is 5.73 Å². The molecule has 80 valence electrons. The fourth-order valence-corrected chi connectivity index (χ4v) is 0.630. The Hall–Kier alpha value is -0.240. The lowest BCUT2D eigenvalue weighted by molar-refractivity contribution is -0.138. The van der Waals surface area contributed by atoms with Gasteiger partial charge in [0.25, 0.3) is 0 Å². The molecule has 13 heavy (non-hydrogen) atoms. The molecule has 0 fully saturated rings. The number of nitrogens with two attached hydrogens (primary N) is 1. The lowest BCUT2D eigenvalue weighted by atomic mass is 10.1. The van der Waals surface area contributed by atoms with Gasteiger partial charge in [0, 0.05) is 0 Å². The third-order valence-electron chi connectivity index (χ3n) is 1.44. The summed E-state index contributed by atoms with van der Waals surface area (Å²) in [5.74, 6) is -0.782. The van der Waals surface area contributed by atoms with Crippen molar-refractivity contribution in [1.29, 1.82) is 0 Å². The fraction of sp³-hybridized carbons (Fsp3) is 0.833. The Labute approximate surface area is 81.4 Å². The van der Waals surface area contributed by atoms with Gasteiger partial charge in [-0.05, 0) is 0 Å². The molecular weight excluding hydrogens is 202 g/mol. The second-order valence-corrected chi connectivity index (χ2v) is 2.36. The van der Waals surface area contributed by atoms with Crippen molar-refractivity contribution in [1.82, 2.24) is 0 Å². The van der Waals surface area contributed by atoms with E-state index in [1.165, 1.54) is 0 Å². The standard InChI is InChI=1S/C6H13NO5.ClH/c7-1-3(9)5(11)6(12)4(10)2-8;/h4-6,8,10-12H,1-2,7H2;1H/t4-,5+,6+;/m1./s1. The molecule has 0 saturated carbocycles. The van der Waals surface area contributed by atoms with E-state index in [-0.39, 0.29) is 12.4 Å². The molecule has 0 unspecified atom stereocenters. The molecule has 0 rings (SSSR count). The van der Waals surface area contributed by atoms with Gasteiger partial charge in [-0.25, -0.2) is 0 Å². The van der Waals surface area contributed by atoms with Crippen LogP contribution in [0.1, 0.15) is 0 Å². The molecular formula is C6H14ClNO5. The summed E-state index contributed by atoms with van der Waals surface area (Å²) in [7, 11) is 0. The van der Waals surface area contributed by atoms with Gasteiger partial charge in [0.1, 0.15) is 18.3 Å². The third kappa shape index (κ3) is 4.51. The Balaban J connectivity index is 0. The van der Waals surface area contributed by atoms with Gasteiger partial charge in [-0.15, -0.1) is 12.4 Å². The summed E-state index contributed by atoms with van der Waals surface area (Å²) in [4.78, 5) is 10.6. The molecule has 6 N–H and O–H groups in total. The number of aliphatic hydroxyl groups excluding tert-OH is 4. The van der Waals surface area contributed by atoms with Crippen LogP contribution in [0.2, 0.25) is 0 Å². The van der Waals surface area contributed by atoms with Crippen molar-refractivity contribution >= 4 is 18.2 Å². The summed E-state index contributed by atoms with van der Waals surface area (Å²) in [6.45, 7) is -1.15. The average Bonchev–Trinajstić information content (AvgIpc) is 2.12. The van der Waals surface area contributed by atoms with Crippen molar-refractivity contribution in [3.05, 3.63) is 0 Å². The summed E-state index contributed by atoms with van der Waals surface area (Å²) in [5.41, 5.74) is 4.89. The second kappa shape index (κ2) is 7.19. The molecule has 0 aromatic carbocycles. The van der Waals surface area contributed by atoms with E-state index in [1.807, 2.05) is 0 Å². The Morgan fingerprint density at radius 3 is 2.08 bits per heavy atom. The lowest BCUT2D eigenvalue weighted by Gasteiger charge is -2.19. The van der Waals surface area contributed by atoms with E-state index in [0.717, 1.165) is 0 Å². The SMILES string of the molecule is Cl.NCC(=O)[C@H](O)[C@@H](O)[C@H](O)CO. The molecule has 0 saturated heterocycles. The minimum Gasteiger partial charge on any atom is -0.394 e. The van der Waals surface area contributed by atoms with Gasteiger partial charge in [-0.2, -0.15) is 0 Å². The molecule has 0 bridgehead atoms. The van der Waals surface area contributed by atoms with Crippen molar-refractivity contribution < 1.29 is 25.2 Å². The number of carbonyl (C=O) groups excluding carboxylic acids is 1. The molecule has 0 heterocycles. The summed E-state index contributed by atoms with van der Waals surface area (Å²) < 4.78 is 0. The van der Waals surface area contributed by atoms with Crippen LogP contribution >= 0.6 is 12.4 Å². The van der Waals surface area contributed by atoms with Crippen LogP contribution in [0.5, 0.6) is 0 Å². The topological polar surface area (TPSA) is 124 Å². The van der Waals surface area contributed by atoms with Crippen LogP contribution in [0, 0.1) is 0 Å². The van der Waals surface area contributed by atoms with Crippen LogP contribution in [-0.2, 0) is 4.79 Å².